The number of likely N-dealkylation sites (N-methyl/N-ethyl adjacent to an activating group) is 1. The van der Waals surface area contributed by atoms with Crippen LogP contribution in [0.2, 0.25) is 0 Å². The Kier molecular flexibility index (Phi) is 2.69. The predicted molar refractivity (Wildman–Crippen MR) is 89.6 cm³/mol. The number of aromatic nitrogens is 4. The lowest BCUT2D eigenvalue weighted by atomic mass is 10.1. The Morgan fingerprint density at radius 3 is 2.92 bits per heavy atom. The number of imidazole rings is 2. The van der Waals surface area contributed by atoms with Crippen LogP contribution in [0.1, 0.15) is 43.2 Å². The molecule has 0 radical (unpaired) electrons. The minimum Gasteiger partial charge on any atom is -0.338 e. The van der Waals surface area contributed by atoms with E-state index in [0.29, 0.717) is 12.5 Å². The number of fused-ring (bicyclic) bond motifs is 2. The van der Waals surface area contributed by atoms with E-state index in [-0.39, 0.29) is 11.9 Å². The molecule has 24 heavy (non-hydrogen) atoms. The maximum Gasteiger partial charge on any atom is 0.245 e. The Labute approximate surface area is 139 Å². The molecule has 0 saturated heterocycles. The third-order valence-electron chi connectivity index (χ3n) is 5.18. The van der Waals surface area contributed by atoms with Crippen molar-refractivity contribution in [1.82, 2.24) is 23.8 Å². The van der Waals surface area contributed by atoms with Crippen LogP contribution in [-0.4, -0.2) is 36.8 Å². The number of hydrogen-bond acceptors (Lipinski definition) is 3. The van der Waals surface area contributed by atoms with Gasteiger partial charge in [-0.3, -0.25) is 4.79 Å². The fraction of sp³-hybridized carbons (Fsp3) is 0.389. The highest BCUT2D eigenvalue weighted by Crippen LogP contribution is 2.44. The van der Waals surface area contributed by atoms with Gasteiger partial charge in [-0.15, -0.1) is 0 Å². The Morgan fingerprint density at radius 1 is 1.29 bits per heavy atom. The van der Waals surface area contributed by atoms with Gasteiger partial charge < -0.3 is 13.9 Å². The van der Waals surface area contributed by atoms with Gasteiger partial charge in [-0.2, -0.15) is 0 Å². The van der Waals surface area contributed by atoms with Crippen LogP contribution in [0, 0.1) is 0 Å². The van der Waals surface area contributed by atoms with Crippen molar-refractivity contribution in [3.63, 3.8) is 0 Å². The van der Waals surface area contributed by atoms with E-state index in [1.807, 2.05) is 30.8 Å². The summed E-state index contributed by atoms with van der Waals surface area (Å²) in [5, 5.41) is 0. The van der Waals surface area contributed by atoms with Gasteiger partial charge in [0, 0.05) is 24.7 Å². The predicted octanol–water partition coefficient (Wildman–Crippen LogP) is 2.61. The Bertz CT molecular complexity index is 965. The van der Waals surface area contributed by atoms with E-state index in [4.69, 9.17) is 4.98 Å². The molecule has 4 heterocycles. The average molecular weight is 321 g/mol. The maximum atomic E-state index is 12.4. The van der Waals surface area contributed by atoms with E-state index in [0.717, 1.165) is 28.3 Å². The van der Waals surface area contributed by atoms with Crippen LogP contribution in [0.25, 0.3) is 16.8 Å². The molecular formula is C18H19N5O. The van der Waals surface area contributed by atoms with Crippen molar-refractivity contribution in [1.29, 1.82) is 0 Å². The number of carbonyl (C=O) groups excluding carboxylic acids is 1. The molecular weight excluding hydrogens is 302 g/mol. The molecule has 6 heteroatoms. The average Bonchev–Trinajstić information content (AvgIpc) is 3.19. The van der Waals surface area contributed by atoms with Gasteiger partial charge in [0.15, 0.2) is 0 Å². The zero-order chi connectivity index (χ0) is 16.4. The lowest BCUT2D eigenvalue weighted by Gasteiger charge is -2.31. The Morgan fingerprint density at radius 2 is 2.12 bits per heavy atom. The summed E-state index contributed by atoms with van der Waals surface area (Å²) in [6.45, 7) is 2.60. The van der Waals surface area contributed by atoms with E-state index in [2.05, 4.69) is 21.7 Å². The van der Waals surface area contributed by atoms with Crippen LogP contribution < -0.4 is 0 Å². The van der Waals surface area contributed by atoms with E-state index in [1.54, 1.807) is 11.2 Å². The van der Waals surface area contributed by atoms with Crippen LogP contribution >= 0.6 is 0 Å². The molecule has 122 valence electrons. The SMILES string of the molecule is C[C@@H]1C(=O)N(C)Cc2c(-c3ccn4cncc4c3)nc(C3CC3)n21. The fourth-order valence-corrected chi connectivity index (χ4v) is 3.73. The third-order valence-corrected chi connectivity index (χ3v) is 5.18. The van der Waals surface area contributed by atoms with Gasteiger partial charge in [-0.1, -0.05) is 0 Å². The molecule has 3 aromatic rings. The minimum atomic E-state index is -0.172. The topological polar surface area (TPSA) is 55.4 Å². The first-order valence-electron chi connectivity index (χ1n) is 8.41. The summed E-state index contributed by atoms with van der Waals surface area (Å²) in [4.78, 5) is 23.4. The summed E-state index contributed by atoms with van der Waals surface area (Å²) in [5.41, 5.74) is 4.30. The fourth-order valence-electron chi connectivity index (χ4n) is 3.73. The lowest BCUT2D eigenvalue weighted by molar-refractivity contribution is -0.135. The summed E-state index contributed by atoms with van der Waals surface area (Å²) in [6.07, 6.45) is 8.02. The van der Waals surface area contributed by atoms with E-state index in [1.165, 1.54) is 12.8 Å². The van der Waals surface area contributed by atoms with Crippen molar-refractivity contribution in [2.45, 2.75) is 38.3 Å². The largest absolute Gasteiger partial charge is 0.338 e. The number of pyridine rings is 1. The number of carbonyl (C=O) groups is 1. The highest BCUT2D eigenvalue weighted by molar-refractivity contribution is 5.82. The molecule has 0 unspecified atom stereocenters. The van der Waals surface area contributed by atoms with Crippen LogP contribution in [-0.2, 0) is 11.3 Å². The van der Waals surface area contributed by atoms with Crippen LogP contribution in [0.3, 0.4) is 0 Å². The van der Waals surface area contributed by atoms with Crippen molar-refractivity contribution >= 4 is 11.4 Å². The summed E-state index contributed by atoms with van der Waals surface area (Å²) >= 11 is 0. The standard InChI is InChI=1S/C18H19N5O/c1-11-18(24)21(2)9-15-16(20-17(23(11)15)12-3-4-12)13-5-6-22-10-19-8-14(22)7-13/h5-8,10-12H,3-4,9H2,1-2H3/t11-/m1/s1. The zero-order valence-electron chi connectivity index (χ0n) is 13.8. The molecule has 1 aliphatic carbocycles. The van der Waals surface area contributed by atoms with Gasteiger partial charge in [0.05, 0.1) is 36.0 Å². The van der Waals surface area contributed by atoms with Gasteiger partial charge in [0.1, 0.15) is 11.9 Å². The van der Waals surface area contributed by atoms with E-state index >= 15 is 0 Å². The quantitative estimate of drug-likeness (QED) is 0.729. The summed E-state index contributed by atoms with van der Waals surface area (Å²) < 4.78 is 4.18. The molecule has 0 bridgehead atoms. The Balaban J connectivity index is 1.73. The molecule has 0 aromatic carbocycles. The molecule has 2 aliphatic rings. The van der Waals surface area contributed by atoms with Gasteiger partial charge in [-0.25, -0.2) is 9.97 Å². The molecule has 1 atom stereocenters. The normalized spacial score (nSPS) is 20.7. The van der Waals surface area contributed by atoms with Crippen LogP contribution in [0.4, 0.5) is 0 Å². The number of hydrogen-bond donors (Lipinski definition) is 0. The molecule has 1 amide bonds. The second-order valence-corrected chi connectivity index (χ2v) is 6.92. The molecule has 0 N–H and O–H groups in total. The van der Waals surface area contributed by atoms with Crippen LogP contribution in [0.5, 0.6) is 0 Å². The van der Waals surface area contributed by atoms with Gasteiger partial charge in [-0.05, 0) is 31.9 Å². The van der Waals surface area contributed by atoms with E-state index in [9.17, 15) is 4.79 Å². The van der Waals surface area contributed by atoms with Crippen molar-refractivity contribution in [3.05, 3.63) is 42.4 Å². The van der Waals surface area contributed by atoms with Crippen molar-refractivity contribution in [2.75, 3.05) is 7.05 Å². The number of amides is 1. The molecule has 1 aliphatic heterocycles. The first-order chi connectivity index (χ1) is 11.6. The number of rotatable bonds is 2. The monoisotopic (exact) mass is 321 g/mol. The maximum absolute atomic E-state index is 12.4. The molecule has 3 aromatic heterocycles. The summed E-state index contributed by atoms with van der Waals surface area (Å²) in [5.74, 6) is 1.76. The first kappa shape index (κ1) is 13.8. The minimum absolute atomic E-state index is 0.166. The molecule has 5 rings (SSSR count). The van der Waals surface area contributed by atoms with E-state index < -0.39 is 0 Å². The molecule has 1 fully saturated rings. The highest BCUT2D eigenvalue weighted by atomic mass is 16.2. The zero-order valence-corrected chi connectivity index (χ0v) is 13.8. The van der Waals surface area contributed by atoms with Gasteiger partial charge in [0.25, 0.3) is 0 Å². The molecule has 0 spiro atoms. The van der Waals surface area contributed by atoms with Crippen molar-refractivity contribution in [2.24, 2.45) is 0 Å². The highest BCUT2D eigenvalue weighted by Gasteiger charge is 2.38. The third kappa shape index (κ3) is 1.85. The van der Waals surface area contributed by atoms with Gasteiger partial charge in [0.2, 0.25) is 5.91 Å². The Hall–Kier alpha value is -2.63. The van der Waals surface area contributed by atoms with Crippen molar-refractivity contribution < 1.29 is 4.79 Å². The van der Waals surface area contributed by atoms with Crippen LogP contribution in [0.15, 0.2) is 30.9 Å². The smallest absolute Gasteiger partial charge is 0.245 e. The first-order valence-corrected chi connectivity index (χ1v) is 8.41. The summed E-state index contributed by atoms with van der Waals surface area (Å²) in [6, 6.07) is 4.03. The number of nitrogens with zero attached hydrogens (tertiary/aromatic N) is 5. The van der Waals surface area contributed by atoms with Crippen molar-refractivity contribution in [3.8, 4) is 11.3 Å². The summed E-state index contributed by atoms with van der Waals surface area (Å²) in [7, 11) is 1.87. The molecule has 6 nitrogen and oxygen atoms in total. The lowest BCUT2D eigenvalue weighted by Crippen LogP contribution is -2.39. The molecule has 1 saturated carbocycles. The van der Waals surface area contributed by atoms with Gasteiger partial charge >= 0.3 is 0 Å². The second-order valence-electron chi connectivity index (χ2n) is 6.92. The second kappa shape index (κ2) is 4.69.